The van der Waals surface area contributed by atoms with Crippen LogP contribution in [0.2, 0.25) is 0 Å². The van der Waals surface area contributed by atoms with Crippen LogP contribution in [-0.4, -0.2) is 38.6 Å². The molecule has 0 radical (unpaired) electrons. The van der Waals surface area contributed by atoms with Gasteiger partial charge in [-0.25, -0.2) is 0 Å². The van der Waals surface area contributed by atoms with Gasteiger partial charge in [-0.05, 0) is 43.7 Å². The molecule has 1 unspecified atom stereocenters. The molecule has 0 fully saturated rings. The number of hydrogen-bond acceptors (Lipinski definition) is 3. The number of ether oxygens (including phenoxy) is 1. The molecule has 0 spiro atoms. The van der Waals surface area contributed by atoms with Gasteiger partial charge >= 0.3 is 0 Å². The summed E-state index contributed by atoms with van der Waals surface area (Å²) in [6.07, 6.45) is 0. The Kier molecular flexibility index (Phi) is 7.82. The minimum atomic E-state index is -0.124. The zero-order chi connectivity index (χ0) is 19.6. The first-order chi connectivity index (χ1) is 13.0. The molecule has 6 heteroatoms. The summed E-state index contributed by atoms with van der Waals surface area (Å²) >= 11 is 0. The second kappa shape index (κ2) is 10.3. The van der Waals surface area contributed by atoms with Crippen LogP contribution in [0.1, 0.15) is 25.5 Å². The summed E-state index contributed by atoms with van der Waals surface area (Å²) in [6, 6.07) is 16.9. The van der Waals surface area contributed by atoms with E-state index in [-0.39, 0.29) is 30.9 Å². The predicted molar refractivity (Wildman–Crippen MR) is 106 cm³/mol. The molecular weight excluding hydrogens is 342 g/mol. The van der Waals surface area contributed by atoms with Crippen molar-refractivity contribution in [3.05, 3.63) is 60.2 Å². The van der Waals surface area contributed by atoms with Gasteiger partial charge in [0.25, 0.3) is 11.8 Å². The number of benzene rings is 2. The van der Waals surface area contributed by atoms with Gasteiger partial charge in [0.05, 0.1) is 19.7 Å². The lowest BCUT2D eigenvalue weighted by Gasteiger charge is -2.19. The summed E-state index contributed by atoms with van der Waals surface area (Å²) in [6.45, 7) is 5.09. The highest BCUT2D eigenvalue weighted by molar-refractivity contribution is 5.91. The maximum Gasteiger partial charge on any atom is 0.279 e. The fourth-order valence-electron chi connectivity index (χ4n) is 2.76. The van der Waals surface area contributed by atoms with Gasteiger partial charge in [-0.15, -0.1) is 0 Å². The zero-order valence-corrected chi connectivity index (χ0v) is 16.1. The van der Waals surface area contributed by atoms with E-state index < -0.39 is 0 Å². The number of likely N-dealkylation sites (N-methyl/N-ethyl adjacent to an activating group) is 1. The first kappa shape index (κ1) is 20.5. The molecule has 0 aliphatic carbocycles. The lowest BCUT2D eigenvalue weighted by molar-refractivity contribution is -0.881. The lowest BCUT2D eigenvalue weighted by Crippen LogP contribution is -3.14. The van der Waals surface area contributed by atoms with Gasteiger partial charge in [0.2, 0.25) is 0 Å². The van der Waals surface area contributed by atoms with Gasteiger partial charge in [0.1, 0.15) is 5.75 Å². The highest BCUT2D eigenvalue weighted by Gasteiger charge is 2.18. The summed E-state index contributed by atoms with van der Waals surface area (Å²) in [5.74, 6) is 0.541. The van der Waals surface area contributed by atoms with Crippen LogP contribution in [0.15, 0.2) is 54.6 Å². The maximum absolute atomic E-state index is 12.3. The van der Waals surface area contributed by atoms with E-state index in [1.165, 1.54) is 0 Å². The number of nitrogens with one attached hydrogen (secondary N) is 3. The molecular formula is C21H28N3O3+. The Hall–Kier alpha value is -2.86. The molecule has 2 aromatic rings. The van der Waals surface area contributed by atoms with Crippen molar-refractivity contribution in [3.8, 4) is 5.75 Å². The molecule has 0 aliphatic rings. The number of carbonyl (C=O) groups is 2. The van der Waals surface area contributed by atoms with Crippen LogP contribution in [0.3, 0.4) is 0 Å². The highest BCUT2D eigenvalue weighted by atomic mass is 16.5. The topological polar surface area (TPSA) is 71.9 Å². The van der Waals surface area contributed by atoms with Crippen LogP contribution in [0.25, 0.3) is 0 Å². The van der Waals surface area contributed by atoms with E-state index in [1.54, 1.807) is 31.4 Å². The fraction of sp³-hybridized carbons (Fsp3) is 0.333. The first-order valence-electron chi connectivity index (χ1n) is 9.13. The molecule has 3 N–H and O–H groups in total. The van der Waals surface area contributed by atoms with E-state index in [2.05, 4.69) is 10.6 Å². The average Bonchev–Trinajstić information content (AvgIpc) is 2.68. The van der Waals surface area contributed by atoms with Crippen LogP contribution in [0.4, 0.5) is 5.69 Å². The summed E-state index contributed by atoms with van der Waals surface area (Å²) < 4.78 is 5.10. The maximum atomic E-state index is 12.3. The number of carbonyl (C=O) groups excluding carboxylic acids is 2. The second-order valence-corrected chi connectivity index (χ2v) is 6.43. The average molecular weight is 370 g/mol. The molecule has 2 amide bonds. The van der Waals surface area contributed by atoms with E-state index in [0.717, 1.165) is 16.2 Å². The van der Waals surface area contributed by atoms with Gasteiger partial charge < -0.3 is 20.3 Å². The highest BCUT2D eigenvalue weighted by Crippen LogP contribution is 2.14. The summed E-state index contributed by atoms with van der Waals surface area (Å²) in [5, 5.41) is 5.84. The third-order valence-electron chi connectivity index (χ3n) is 4.37. The number of amides is 2. The van der Waals surface area contributed by atoms with Gasteiger partial charge in [0.15, 0.2) is 13.1 Å². The van der Waals surface area contributed by atoms with Gasteiger partial charge in [-0.3, -0.25) is 9.59 Å². The van der Waals surface area contributed by atoms with Crippen LogP contribution in [-0.2, 0) is 9.59 Å². The first-order valence-corrected chi connectivity index (χ1v) is 9.13. The summed E-state index contributed by atoms with van der Waals surface area (Å²) in [5.41, 5.74) is 1.76. The van der Waals surface area contributed by atoms with Crippen molar-refractivity contribution in [2.75, 3.05) is 32.1 Å². The lowest BCUT2D eigenvalue weighted by atomic mass is 10.1. The Balaban J connectivity index is 1.82. The van der Waals surface area contributed by atoms with Crippen LogP contribution < -0.4 is 20.3 Å². The third-order valence-corrected chi connectivity index (χ3v) is 4.37. The minimum absolute atomic E-state index is 0.0649. The van der Waals surface area contributed by atoms with Crippen molar-refractivity contribution < 1.29 is 19.2 Å². The van der Waals surface area contributed by atoms with E-state index >= 15 is 0 Å². The van der Waals surface area contributed by atoms with Gasteiger partial charge in [0, 0.05) is 5.69 Å². The monoisotopic (exact) mass is 370 g/mol. The summed E-state index contributed by atoms with van der Waals surface area (Å²) in [4.78, 5) is 25.5. The largest absolute Gasteiger partial charge is 0.497 e. The van der Waals surface area contributed by atoms with E-state index in [9.17, 15) is 9.59 Å². The smallest absolute Gasteiger partial charge is 0.279 e. The van der Waals surface area contributed by atoms with Crippen molar-refractivity contribution in [1.82, 2.24) is 5.32 Å². The fourth-order valence-corrected chi connectivity index (χ4v) is 2.76. The molecule has 27 heavy (non-hydrogen) atoms. The molecule has 2 rings (SSSR count). The molecule has 2 aromatic carbocycles. The van der Waals surface area contributed by atoms with Crippen molar-refractivity contribution in [1.29, 1.82) is 0 Å². The molecule has 0 aromatic heterocycles. The normalized spacial score (nSPS) is 12.7. The number of methoxy groups -OCH3 is 1. The summed E-state index contributed by atoms with van der Waals surface area (Å²) in [7, 11) is 1.60. The van der Waals surface area contributed by atoms with Crippen molar-refractivity contribution in [3.63, 3.8) is 0 Å². The van der Waals surface area contributed by atoms with Crippen molar-refractivity contribution in [2.24, 2.45) is 0 Å². The Bertz CT molecular complexity index is 732. The standard InChI is InChI=1S/C21H27N3O3/c1-4-24(14-20(25)22-16(2)17-8-6-5-7-9-17)15-21(26)23-18-10-12-19(27-3)13-11-18/h5-13,16H,4,14-15H2,1-3H3,(H,22,25)(H,23,26)/p+1/t16-/m1/s1. The van der Waals surface area contributed by atoms with Gasteiger partial charge in [-0.2, -0.15) is 0 Å². The van der Waals surface area contributed by atoms with Gasteiger partial charge in [-0.1, -0.05) is 30.3 Å². The molecule has 0 saturated carbocycles. The number of hydrogen-bond donors (Lipinski definition) is 3. The Labute approximate surface area is 160 Å². The number of anilines is 1. The van der Waals surface area contributed by atoms with E-state index in [1.807, 2.05) is 44.2 Å². The van der Waals surface area contributed by atoms with Crippen molar-refractivity contribution in [2.45, 2.75) is 19.9 Å². The predicted octanol–water partition coefficient (Wildman–Crippen LogP) is 1.42. The Morgan fingerprint density at radius 1 is 1.00 bits per heavy atom. The SMILES string of the molecule is CC[NH+](CC(=O)Nc1ccc(OC)cc1)CC(=O)N[C@H](C)c1ccccc1. The molecule has 144 valence electrons. The number of quaternary nitrogens is 1. The molecule has 0 heterocycles. The Morgan fingerprint density at radius 2 is 1.63 bits per heavy atom. The molecule has 0 bridgehead atoms. The van der Waals surface area contributed by atoms with E-state index in [0.29, 0.717) is 12.2 Å². The zero-order valence-electron chi connectivity index (χ0n) is 16.1. The minimum Gasteiger partial charge on any atom is -0.497 e. The van der Waals surface area contributed by atoms with Crippen molar-refractivity contribution >= 4 is 17.5 Å². The quantitative estimate of drug-likeness (QED) is 0.625. The Morgan fingerprint density at radius 3 is 2.22 bits per heavy atom. The molecule has 2 atom stereocenters. The third kappa shape index (κ3) is 6.75. The molecule has 0 saturated heterocycles. The number of rotatable bonds is 9. The molecule has 0 aliphatic heterocycles. The van der Waals surface area contributed by atoms with Crippen LogP contribution >= 0.6 is 0 Å². The molecule has 6 nitrogen and oxygen atoms in total. The second-order valence-electron chi connectivity index (χ2n) is 6.43. The van der Waals surface area contributed by atoms with Crippen LogP contribution in [0.5, 0.6) is 5.75 Å². The van der Waals surface area contributed by atoms with Crippen LogP contribution in [0, 0.1) is 0 Å². The van der Waals surface area contributed by atoms with E-state index in [4.69, 9.17) is 4.74 Å².